The first kappa shape index (κ1) is 28.0. The molecule has 2 atom stereocenters. The molecule has 2 heterocycles. The number of carbonyl (C=O) groups is 4. The highest BCUT2D eigenvalue weighted by Gasteiger charge is 2.50. The van der Waals surface area contributed by atoms with Gasteiger partial charge in [0.25, 0.3) is 0 Å². The number of methoxy groups -OCH3 is 1. The highest BCUT2D eigenvalue weighted by molar-refractivity contribution is 6.05. The number of likely N-dealkylation sites (tertiary alicyclic amines) is 1. The molecule has 1 saturated heterocycles. The molecular formula is C25H35N3O7. The van der Waals surface area contributed by atoms with E-state index >= 15 is 0 Å². The number of amides is 1. The first-order valence-electron chi connectivity index (χ1n) is 11.4. The van der Waals surface area contributed by atoms with E-state index in [1.807, 2.05) is 0 Å². The summed E-state index contributed by atoms with van der Waals surface area (Å²) < 4.78 is 15.1. The summed E-state index contributed by atoms with van der Waals surface area (Å²) in [5, 5.41) is 0. The van der Waals surface area contributed by atoms with Crippen molar-refractivity contribution in [3.05, 3.63) is 47.5 Å². The number of nitrogens with zero attached hydrogens (tertiary/aromatic N) is 1. The van der Waals surface area contributed by atoms with Gasteiger partial charge >= 0.3 is 17.9 Å². The molecule has 1 aromatic carbocycles. The van der Waals surface area contributed by atoms with Crippen LogP contribution < -0.4 is 11.3 Å². The Balaban J connectivity index is 0.000000247. The average Bonchev–Trinajstić information content (AvgIpc) is 3.24. The number of cyclic esters (lactones) is 1. The van der Waals surface area contributed by atoms with Crippen LogP contribution in [-0.2, 0) is 30.4 Å². The predicted octanol–water partition coefficient (Wildman–Crippen LogP) is 2.26. The Morgan fingerprint density at radius 1 is 1.34 bits per heavy atom. The van der Waals surface area contributed by atoms with Gasteiger partial charge in [0, 0.05) is 12.1 Å². The molecule has 0 radical (unpaired) electrons. The minimum atomic E-state index is -0.918. The van der Waals surface area contributed by atoms with Gasteiger partial charge in [0.05, 0.1) is 24.3 Å². The Hall–Kier alpha value is -3.24. The van der Waals surface area contributed by atoms with E-state index in [4.69, 9.17) is 20.1 Å². The molecule has 10 nitrogen and oxygen atoms in total. The van der Waals surface area contributed by atoms with Crippen molar-refractivity contribution in [2.24, 2.45) is 5.84 Å². The zero-order valence-electron chi connectivity index (χ0n) is 21.0. The summed E-state index contributed by atoms with van der Waals surface area (Å²) in [6.07, 6.45) is 3.40. The number of benzene rings is 1. The molecule has 2 aliphatic rings. The van der Waals surface area contributed by atoms with Crippen molar-refractivity contribution in [3.63, 3.8) is 0 Å². The molecule has 2 aliphatic heterocycles. The molecule has 2 bridgehead atoms. The third-order valence-corrected chi connectivity index (χ3v) is 5.76. The lowest BCUT2D eigenvalue weighted by atomic mass is 9.91. The van der Waals surface area contributed by atoms with Gasteiger partial charge < -0.3 is 19.1 Å². The van der Waals surface area contributed by atoms with Crippen molar-refractivity contribution >= 4 is 23.8 Å². The monoisotopic (exact) mass is 489 g/mol. The van der Waals surface area contributed by atoms with Crippen LogP contribution in [0.3, 0.4) is 0 Å². The molecule has 10 heteroatoms. The van der Waals surface area contributed by atoms with Crippen LogP contribution in [0.15, 0.2) is 30.9 Å². The summed E-state index contributed by atoms with van der Waals surface area (Å²) in [7, 11) is 1.33. The van der Waals surface area contributed by atoms with Crippen molar-refractivity contribution in [1.29, 1.82) is 0 Å². The number of hydrogen-bond donors (Lipinski definition) is 2. The number of fused-ring (bicyclic) bond motifs is 2. The Kier molecular flexibility index (Phi) is 9.17. The zero-order chi connectivity index (χ0) is 26.4. The lowest BCUT2D eigenvalue weighted by Crippen LogP contribution is -2.58. The Bertz CT molecular complexity index is 986. The maximum Gasteiger partial charge on any atom is 0.339 e. The molecular weight excluding hydrogens is 454 g/mol. The van der Waals surface area contributed by atoms with Gasteiger partial charge in [-0.25, -0.2) is 19.8 Å². The summed E-state index contributed by atoms with van der Waals surface area (Å²) in [6.45, 7) is 11.4. The molecule has 192 valence electrons. The second-order valence-corrected chi connectivity index (χ2v) is 9.42. The third-order valence-electron chi connectivity index (χ3n) is 5.76. The van der Waals surface area contributed by atoms with Crippen molar-refractivity contribution < 1.29 is 33.4 Å². The molecule has 2 unspecified atom stereocenters. The standard InChI is InChI=1S/C13H14O4.C12H21N3O3/c1-13(2,3)17-12(15)10-8-5-4-6-9(10)11(14)16-7-8;1-4-6-12(11(17)18-3)7-5-8-15(12)10(16)9(2)14-13/h4-6H,7H2,1-3H3;4,9,14H,1,5-8,13H2,2-3H3. The van der Waals surface area contributed by atoms with Crippen molar-refractivity contribution in [2.75, 3.05) is 13.7 Å². The van der Waals surface area contributed by atoms with E-state index in [0.717, 1.165) is 6.42 Å². The van der Waals surface area contributed by atoms with E-state index in [9.17, 15) is 19.2 Å². The van der Waals surface area contributed by atoms with Crippen LogP contribution in [0.25, 0.3) is 0 Å². The molecule has 1 fully saturated rings. The Morgan fingerprint density at radius 2 is 2.03 bits per heavy atom. The molecule has 35 heavy (non-hydrogen) atoms. The number of hydrogen-bond acceptors (Lipinski definition) is 9. The van der Waals surface area contributed by atoms with Crippen LogP contribution in [0.4, 0.5) is 0 Å². The highest BCUT2D eigenvalue weighted by atomic mass is 16.6. The van der Waals surface area contributed by atoms with E-state index in [-0.39, 0.29) is 18.1 Å². The summed E-state index contributed by atoms with van der Waals surface area (Å²) in [5.74, 6) is 3.75. The largest absolute Gasteiger partial charge is 0.467 e. The van der Waals surface area contributed by atoms with E-state index in [1.54, 1.807) is 56.9 Å². The van der Waals surface area contributed by atoms with Gasteiger partial charge in [-0.05, 0) is 53.0 Å². The maximum atomic E-state index is 12.2. The summed E-state index contributed by atoms with van der Waals surface area (Å²) in [4.78, 5) is 49.4. The lowest BCUT2D eigenvalue weighted by molar-refractivity contribution is -0.159. The van der Waals surface area contributed by atoms with Gasteiger partial charge in [0.1, 0.15) is 17.7 Å². The van der Waals surface area contributed by atoms with Crippen molar-refractivity contribution in [3.8, 4) is 0 Å². The number of esters is 3. The molecule has 0 spiro atoms. The van der Waals surface area contributed by atoms with E-state index in [2.05, 4.69) is 12.0 Å². The normalized spacial score (nSPS) is 19.6. The predicted molar refractivity (Wildman–Crippen MR) is 128 cm³/mol. The molecule has 3 N–H and O–H groups in total. The molecule has 0 saturated carbocycles. The van der Waals surface area contributed by atoms with Crippen molar-refractivity contribution in [2.45, 2.75) is 70.7 Å². The number of nitrogens with one attached hydrogen (secondary N) is 1. The summed E-state index contributed by atoms with van der Waals surface area (Å²) in [6, 6.07) is 4.54. The minimum Gasteiger partial charge on any atom is -0.467 e. The minimum absolute atomic E-state index is 0.126. The topological polar surface area (TPSA) is 137 Å². The number of carbonyl (C=O) groups excluding carboxylic acids is 4. The van der Waals surface area contributed by atoms with Gasteiger partial charge in [-0.3, -0.25) is 10.6 Å². The van der Waals surface area contributed by atoms with Gasteiger partial charge in [0.2, 0.25) is 5.91 Å². The fourth-order valence-electron chi connectivity index (χ4n) is 4.12. The van der Waals surface area contributed by atoms with Crippen LogP contribution in [-0.4, -0.2) is 59.6 Å². The van der Waals surface area contributed by atoms with E-state index < -0.39 is 35.1 Å². The van der Waals surface area contributed by atoms with Crippen LogP contribution in [0.5, 0.6) is 0 Å². The number of hydrazine groups is 1. The smallest absolute Gasteiger partial charge is 0.339 e. The van der Waals surface area contributed by atoms with Gasteiger partial charge in [-0.1, -0.05) is 18.2 Å². The van der Waals surface area contributed by atoms with Crippen LogP contribution in [0.2, 0.25) is 0 Å². The first-order valence-corrected chi connectivity index (χ1v) is 11.4. The van der Waals surface area contributed by atoms with Gasteiger partial charge in [-0.15, -0.1) is 6.58 Å². The average molecular weight is 490 g/mol. The fraction of sp³-hybridized carbons (Fsp3) is 0.520. The Labute approximate surface area is 205 Å². The second-order valence-electron chi connectivity index (χ2n) is 9.42. The van der Waals surface area contributed by atoms with Crippen LogP contribution in [0, 0.1) is 0 Å². The quantitative estimate of drug-likeness (QED) is 0.203. The fourth-order valence-corrected chi connectivity index (χ4v) is 4.12. The van der Waals surface area contributed by atoms with Gasteiger partial charge in [-0.2, -0.15) is 0 Å². The number of ether oxygens (including phenoxy) is 3. The molecule has 3 rings (SSSR count). The third kappa shape index (κ3) is 6.26. The molecule has 1 amide bonds. The number of rotatable bonds is 6. The maximum absolute atomic E-state index is 12.2. The van der Waals surface area contributed by atoms with Crippen LogP contribution in [0.1, 0.15) is 73.2 Å². The lowest BCUT2D eigenvalue weighted by Gasteiger charge is -2.36. The number of nitrogens with two attached hydrogens (primary N) is 1. The Morgan fingerprint density at radius 3 is 2.60 bits per heavy atom. The molecule has 0 aromatic heterocycles. The van der Waals surface area contributed by atoms with E-state index in [1.165, 1.54) is 7.11 Å². The van der Waals surface area contributed by atoms with Gasteiger partial charge in [0.15, 0.2) is 0 Å². The summed E-state index contributed by atoms with van der Waals surface area (Å²) in [5.41, 5.74) is 2.22. The highest BCUT2D eigenvalue weighted by Crippen LogP contribution is 2.34. The molecule has 1 aromatic rings. The summed E-state index contributed by atoms with van der Waals surface area (Å²) >= 11 is 0. The van der Waals surface area contributed by atoms with E-state index in [0.29, 0.717) is 30.5 Å². The second kappa shape index (κ2) is 11.5. The van der Waals surface area contributed by atoms with Crippen LogP contribution >= 0.6 is 0 Å². The SMILES string of the molecule is C=CCC1(C(=O)OC)CCCN1C(=O)C(C)NN.CC(C)(C)OC(=O)c1c2cccc1C(=O)OC2. The zero-order valence-corrected chi connectivity index (χ0v) is 21.0. The van der Waals surface area contributed by atoms with Crippen molar-refractivity contribution in [1.82, 2.24) is 10.3 Å². The first-order chi connectivity index (χ1) is 16.4. The molecule has 0 aliphatic carbocycles.